The number of nitrogens with one attached hydrogen (secondary N) is 1. The first-order valence-corrected chi connectivity index (χ1v) is 7.16. The van der Waals surface area contributed by atoms with Gasteiger partial charge in [0.15, 0.2) is 0 Å². The Morgan fingerprint density at radius 1 is 1.33 bits per heavy atom. The first kappa shape index (κ1) is 14.1. The van der Waals surface area contributed by atoms with E-state index in [1.54, 1.807) is 19.2 Å². The highest BCUT2D eigenvalue weighted by Gasteiger charge is 2.34. The molecule has 2 atom stereocenters. The highest BCUT2D eigenvalue weighted by atomic mass is 19.1. The summed E-state index contributed by atoms with van der Waals surface area (Å²) in [6.07, 6.45) is 0.290. The van der Waals surface area contributed by atoms with Crippen molar-refractivity contribution in [3.63, 3.8) is 0 Å². The van der Waals surface area contributed by atoms with Gasteiger partial charge in [0.1, 0.15) is 11.9 Å². The number of H-pyrrole nitrogens is 1. The average molecular weight is 290 g/mol. The van der Waals surface area contributed by atoms with Crippen molar-refractivity contribution < 1.29 is 9.13 Å². The number of aromatic nitrogens is 2. The maximum Gasteiger partial charge on any atom is 0.272 e. The third-order valence-corrected chi connectivity index (χ3v) is 4.06. The van der Waals surface area contributed by atoms with Crippen molar-refractivity contribution in [2.45, 2.75) is 32.5 Å². The van der Waals surface area contributed by atoms with E-state index in [9.17, 15) is 9.18 Å². The number of nitrogens with zero attached hydrogens (tertiary/aromatic N) is 1. The number of halogens is 1. The molecule has 0 fully saturated rings. The van der Waals surface area contributed by atoms with Gasteiger partial charge in [-0.05, 0) is 23.6 Å². The molecule has 0 spiro atoms. The maximum atomic E-state index is 13.1. The smallest absolute Gasteiger partial charge is 0.272 e. The van der Waals surface area contributed by atoms with E-state index in [4.69, 9.17) is 4.74 Å². The lowest BCUT2D eigenvalue weighted by molar-refractivity contribution is -0.0300. The Balaban J connectivity index is 2.10. The standard InChI is InChI=1S/C16H19FN2O2/c1-9(2)13-8-12-14(16(20)19(3)18-12)15(21-13)10-4-6-11(17)7-5-10/h4-7,9,13,15,18H,8H2,1-3H3/t13-,15-/m0/s1. The zero-order chi connectivity index (χ0) is 15.1. The van der Waals surface area contributed by atoms with E-state index in [2.05, 4.69) is 18.9 Å². The summed E-state index contributed by atoms with van der Waals surface area (Å²) in [6.45, 7) is 4.19. The first-order valence-electron chi connectivity index (χ1n) is 7.16. The molecule has 0 amide bonds. The molecule has 0 saturated carbocycles. The highest BCUT2D eigenvalue weighted by molar-refractivity contribution is 5.34. The number of rotatable bonds is 2. The number of fused-ring (bicyclic) bond motifs is 1. The van der Waals surface area contributed by atoms with E-state index < -0.39 is 6.10 Å². The topological polar surface area (TPSA) is 47.0 Å². The summed E-state index contributed by atoms with van der Waals surface area (Å²) in [5.41, 5.74) is 2.28. The molecule has 2 aromatic rings. The summed E-state index contributed by atoms with van der Waals surface area (Å²) >= 11 is 0. The van der Waals surface area contributed by atoms with Gasteiger partial charge in [-0.25, -0.2) is 4.39 Å². The predicted octanol–water partition coefficient (Wildman–Crippen LogP) is 2.54. The number of benzene rings is 1. The summed E-state index contributed by atoms with van der Waals surface area (Å²) in [7, 11) is 1.70. The Hall–Kier alpha value is -1.88. The lowest BCUT2D eigenvalue weighted by Crippen LogP contribution is -2.33. The Kier molecular flexibility index (Phi) is 3.45. The second-order valence-electron chi connectivity index (χ2n) is 5.92. The summed E-state index contributed by atoms with van der Waals surface area (Å²) in [6, 6.07) is 6.15. The zero-order valence-corrected chi connectivity index (χ0v) is 12.4. The molecule has 1 aromatic carbocycles. The van der Waals surface area contributed by atoms with Crippen LogP contribution in [0.5, 0.6) is 0 Å². The molecule has 0 bridgehead atoms. The minimum absolute atomic E-state index is 0.0330. The van der Waals surface area contributed by atoms with E-state index in [-0.39, 0.29) is 17.5 Å². The molecular weight excluding hydrogens is 271 g/mol. The van der Waals surface area contributed by atoms with Crippen LogP contribution in [0, 0.1) is 11.7 Å². The molecule has 1 aliphatic rings. The number of hydrogen-bond donors (Lipinski definition) is 1. The Bertz CT molecular complexity index is 700. The molecule has 5 heteroatoms. The van der Waals surface area contributed by atoms with Gasteiger partial charge in [-0.3, -0.25) is 14.6 Å². The van der Waals surface area contributed by atoms with E-state index in [0.29, 0.717) is 17.9 Å². The first-order chi connectivity index (χ1) is 9.97. The molecule has 0 aliphatic carbocycles. The van der Waals surface area contributed by atoms with Gasteiger partial charge in [-0.15, -0.1) is 0 Å². The third-order valence-electron chi connectivity index (χ3n) is 4.06. The van der Waals surface area contributed by atoms with Crippen LogP contribution in [0.2, 0.25) is 0 Å². The molecule has 0 saturated heterocycles. The maximum absolute atomic E-state index is 13.1. The Labute approximate surface area is 122 Å². The lowest BCUT2D eigenvalue weighted by Gasteiger charge is -2.32. The third kappa shape index (κ3) is 2.42. The van der Waals surface area contributed by atoms with Crippen molar-refractivity contribution in [2.75, 3.05) is 0 Å². The molecule has 1 aliphatic heterocycles. The second kappa shape index (κ2) is 5.15. The van der Waals surface area contributed by atoms with Crippen LogP contribution in [0.15, 0.2) is 29.1 Å². The molecule has 4 nitrogen and oxygen atoms in total. The fourth-order valence-electron chi connectivity index (χ4n) is 2.82. The van der Waals surface area contributed by atoms with Gasteiger partial charge in [0, 0.05) is 19.2 Å². The second-order valence-corrected chi connectivity index (χ2v) is 5.92. The van der Waals surface area contributed by atoms with Gasteiger partial charge in [-0.1, -0.05) is 26.0 Å². The van der Waals surface area contributed by atoms with Crippen molar-refractivity contribution >= 4 is 0 Å². The van der Waals surface area contributed by atoms with Gasteiger partial charge in [0.2, 0.25) is 0 Å². The van der Waals surface area contributed by atoms with Gasteiger partial charge in [0.05, 0.1) is 11.7 Å². The van der Waals surface area contributed by atoms with Crippen molar-refractivity contribution in [3.8, 4) is 0 Å². The van der Waals surface area contributed by atoms with Crippen LogP contribution in [0.25, 0.3) is 0 Å². The van der Waals surface area contributed by atoms with Gasteiger partial charge < -0.3 is 4.74 Å². The summed E-state index contributed by atoms with van der Waals surface area (Å²) < 4.78 is 20.7. The van der Waals surface area contributed by atoms with Crippen LogP contribution in [-0.2, 0) is 18.2 Å². The molecule has 1 aromatic heterocycles. The molecule has 0 radical (unpaired) electrons. The van der Waals surface area contributed by atoms with Gasteiger partial charge >= 0.3 is 0 Å². The predicted molar refractivity (Wildman–Crippen MR) is 77.7 cm³/mol. The minimum atomic E-state index is -0.438. The van der Waals surface area contributed by atoms with Crippen molar-refractivity contribution in [1.82, 2.24) is 9.78 Å². The molecule has 2 heterocycles. The fraction of sp³-hybridized carbons (Fsp3) is 0.438. The summed E-state index contributed by atoms with van der Waals surface area (Å²) in [4.78, 5) is 12.3. The minimum Gasteiger partial charge on any atom is -0.365 e. The van der Waals surface area contributed by atoms with Crippen molar-refractivity contribution in [3.05, 3.63) is 57.3 Å². The monoisotopic (exact) mass is 290 g/mol. The SMILES string of the molecule is CC(C)[C@@H]1Cc2[nH]n(C)c(=O)c2[C@H](c2ccc(F)cc2)O1. The Morgan fingerprint density at radius 3 is 2.62 bits per heavy atom. The van der Waals surface area contributed by atoms with Crippen LogP contribution in [-0.4, -0.2) is 15.9 Å². The Morgan fingerprint density at radius 2 is 2.00 bits per heavy atom. The number of ether oxygens (including phenoxy) is 1. The van der Waals surface area contributed by atoms with Crippen molar-refractivity contribution in [2.24, 2.45) is 13.0 Å². The lowest BCUT2D eigenvalue weighted by atomic mass is 9.92. The van der Waals surface area contributed by atoms with E-state index in [0.717, 1.165) is 11.3 Å². The number of aromatic amines is 1. The molecule has 21 heavy (non-hydrogen) atoms. The zero-order valence-electron chi connectivity index (χ0n) is 12.4. The number of hydrogen-bond acceptors (Lipinski definition) is 2. The van der Waals surface area contributed by atoms with Gasteiger partial charge in [-0.2, -0.15) is 0 Å². The van der Waals surface area contributed by atoms with Crippen LogP contribution >= 0.6 is 0 Å². The highest BCUT2D eigenvalue weighted by Crippen LogP contribution is 2.34. The summed E-state index contributed by atoms with van der Waals surface area (Å²) in [5.74, 6) is 0.0435. The average Bonchev–Trinajstić information content (AvgIpc) is 2.74. The molecular formula is C16H19FN2O2. The van der Waals surface area contributed by atoms with E-state index in [1.807, 2.05) is 0 Å². The quantitative estimate of drug-likeness (QED) is 0.924. The van der Waals surface area contributed by atoms with Crippen LogP contribution in [0.4, 0.5) is 4.39 Å². The van der Waals surface area contributed by atoms with Crippen molar-refractivity contribution in [1.29, 1.82) is 0 Å². The fourth-order valence-corrected chi connectivity index (χ4v) is 2.82. The van der Waals surface area contributed by atoms with E-state index in [1.165, 1.54) is 16.8 Å². The largest absolute Gasteiger partial charge is 0.365 e. The molecule has 0 unspecified atom stereocenters. The molecule has 1 N–H and O–H groups in total. The summed E-state index contributed by atoms with van der Waals surface area (Å²) in [5, 5.41) is 3.11. The van der Waals surface area contributed by atoms with Crippen LogP contribution in [0.1, 0.15) is 36.8 Å². The van der Waals surface area contributed by atoms with Crippen LogP contribution < -0.4 is 5.56 Å². The van der Waals surface area contributed by atoms with Crippen LogP contribution in [0.3, 0.4) is 0 Å². The molecule has 3 rings (SSSR count). The van der Waals surface area contributed by atoms with Gasteiger partial charge in [0.25, 0.3) is 5.56 Å². The van der Waals surface area contributed by atoms with E-state index >= 15 is 0 Å². The number of aryl methyl sites for hydroxylation is 1. The normalized spacial score (nSPS) is 21.6. The molecule has 112 valence electrons.